The van der Waals surface area contributed by atoms with E-state index in [1.54, 1.807) is 6.20 Å². The molecule has 1 aromatic rings. The molecule has 16 heavy (non-hydrogen) atoms. The summed E-state index contributed by atoms with van der Waals surface area (Å²) in [6.07, 6.45) is 5.80. The molecule has 1 fully saturated rings. The Morgan fingerprint density at radius 2 is 2.38 bits per heavy atom. The van der Waals surface area contributed by atoms with Crippen molar-refractivity contribution in [3.63, 3.8) is 0 Å². The highest BCUT2D eigenvalue weighted by Gasteiger charge is 2.30. The van der Waals surface area contributed by atoms with Crippen LogP contribution in [0.2, 0.25) is 0 Å². The number of hydrogen-bond acceptors (Lipinski definition) is 2. The van der Waals surface area contributed by atoms with E-state index in [9.17, 15) is 4.79 Å². The lowest BCUT2D eigenvalue weighted by Crippen LogP contribution is -2.33. The van der Waals surface area contributed by atoms with Gasteiger partial charge < -0.3 is 4.90 Å². The van der Waals surface area contributed by atoms with E-state index < -0.39 is 0 Å². The fourth-order valence-corrected chi connectivity index (χ4v) is 2.28. The number of carbonyl (C=O) groups excluding carboxylic acids is 1. The van der Waals surface area contributed by atoms with Crippen molar-refractivity contribution in [2.24, 2.45) is 5.92 Å². The van der Waals surface area contributed by atoms with Crippen molar-refractivity contribution < 1.29 is 4.79 Å². The van der Waals surface area contributed by atoms with E-state index in [2.05, 4.69) is 11.1 Å². The summed E-state index contributed by atoms with van der Waals surface area (Å²) in [5.41, 5.74) is 1.16. The molecular weight excluding hydrogens is 200 g/mol. The van der Waals surface area contributed by atoms with Crippen LogP contribution in [0.4, 0.5) is 0 Å². The lowest BCUT2D eigenvalue weighted by atomic mass is 10.1. The molecule has 1 aliphatic rings. The Morgan fingerprint density at radius 3 is 3.00 bits per heavy atom. The summed E-state index contributed by atoms with van der Waals surface area (Å²) >= 11 is 0. The molecule has 2 heterocycles. The van der Waals surface area contributed by atoms with Gasteiger partial charge in [0.25, 0.3) is 0 Å². The molecular formula is C13H18N2O. The van der Waals surface area contributed by atoms with E-state index in [4.69, 9.17) is 0 Å². The summed E-state index contributed by atoms with van der Waals surface area (Å²) in [5, 5.41) is 0. The fourth-order valence-electron chi connectivity index (χ4n) is 2.28. The van der Waals surface area contributed by atoms with Crippen molar-refractivity contribution >= 4 is 5.91 Å². The van der Waals surface area contributed by atoms with Crippen LogP contribution in [0.3, 0.4) is 0 Å². The Hall–Kier alpha value is -1.38. The number of pyridine rings is 1. The molecule has 1 saturated heterocycles. The average Bonchev–Trinajstić information content (AvgIpc) is 2.77. The fraction of sp³-hybridized carbons (Fsp3) is 0.538. The van der Waals surface area contributed by atoms with Gasteiger partial charge in [0, 0.05) is 24.9 Å². The molecule has 0 N–H and O–H groups in total. The number of hydrogen-bond donors (Lipinski definition) is 0. The van der Waals surface area contributed by atoms with Crippen molar-refractivity contribution in [1.82, 2.24) is 9.88 Å². The molecule has 1 amide bonds. The second kappa shape index (κ2) is 4.64. The first-order chi connectivity index (χ1) is 7.70. The monoisotopic (exact) mass is 218 g/mol. The number of amides is 1. The zero-order valence-electron chi connectivity index (χ0n) is 9.89. The smallest absolute Gasteiger partial charge is 0.225 e. The van der Waals surface area contributed by atoms with Crippen LogP contribution in [0.1, 0.15) is 38.3 Å². The van der Waals surface area contributed by atoms with Gasteiger partial charge in [-0.2, -0.15) is 0 Å². The molecule has 2 rings (SSSR count). The lowest BCUT2D eigenvalue weighted by molar-refractivity contribution is -0.135. The van der Waals surface area contributed by atoms with Crippen LogP contribution >= 0.6 is 0 Å². The highest BCUT2D eigenvalue weighted by molar-refractivity contribution is 5.78. The highest BCUT2D eigenvalue weighted by atomic mass is 16.2. The molecule has 0 spiro atoms. The number of carbonyl (C=O) groups is 1. The molecule has 3 heteroatoms. The molecule has 3 nitrogen and oxygen atoms in total. The third kappa shape index (κ3) is 2.08. The molecule has 0 aliphatic carbocycles. The first-order valence-electron chi connectivity index (χ1n) is 5.90. The number of likely N-dealkylation sites (tertiary alicyclic amines) is 1. The van der Waals surface area contributed by atoms with Gasteiger partial charge in [-0.3, -0.25) is 9.78 Å². The third-order valence-corrected chi connectivity index (χ3v) is 3.10. The summed E-state index contributed by atoms with van der Waals surface area (Å²) in [4.78, 5) is 18.2. The van der Waals surface area contributed by atoms with Crippen LogP contribution in [-0.4, -0.2) is 22.3 Å². The Labute approximate surface area is 96.5 Å². The van der Waals surface area contributed by atoms with Crippen molar-refractivity contribution in [3.05, 3.63) is 30.1 Å². The molecule has 1 atom stereocenters. The van der Waals surface area contributed by atoms with Gasteiger partial charge in [0.1, 0.15) is 0 Å². The minimum Gasteiger partial charge on any atom is -0.335 e. The van der Waals surface area contributed by atoms with E-state index in [1.165, 1.54) is 0 Å². The number of rotatable bonds is 2. The largest absolute Gasteiger partial charge is 0.335 e. The number of aromatic nitrogens is 1. The maximum atomic E-state index is 12.0. The van der Waals surface area contributed by atoms with E-state index in [0.717, 1.165) is 24.9 Å². The van der Waals surface area contributed by atoms with Crippen LogP contribution < -0.4 is 0 Å². The zero-order valence-corrected chi connectivity index (χ0v) is 9.89. The summed E-state index contributed by atoms with van der Waals surface area (Å²) in [7, 11) is 0. The second-order valence-electron chi connectivity index (χ2n) is 4.63. The topological polar surface area (TPSA) is 33.2 Å². The van der Waals surface area contributed by atoms with Gasteiger partial charge in [-0.05, 0) is 24.5 Å². The second-order valence-corrected chi connectivity index (χ2v) is 4.63. The van der Waals surface area contributed by atoms with Gasteiger partial charge in [0.15, 0.2) is 0 Å². The normalized spacial score (nSPS) is 20.4. The van der Waals surface area contributed by atoms with Crippen molar-refractivity contribution in [3.8, 4) is 0 Å². The van der Waals surface area contributed by atoms with E-state index in [-0.39, 0.29) is 17.9 Å². The van der Waals surface area contributed by atoms with Gasteiger partial charge in [-0.15, -0.1) is 0 Å². The van der Waals surface area contributed by atoms with Gasteiger partial charge in [0.05, 0.1) is 6.04 Å². The summed E-state index contributed by atoms with van der Waals surface area (Å²) in [6.45, 7) is 4.80. The van der Waals surface area contributed by atoms with Gasteiger partial charge >= 0.3 is 0 Å². The SMILES string of the molecule is CC(C)C(=O)N1CCC[C@@H]1c1cccnc1. The minimum absolute atomic E-state index is 0.0808. The molecule has 1 aliphatic heterocycles. The van der Waals surface area contributed by atoms with Crippen LogP contribution in [0, 0.1) is 5.92 Å². The maximum Gasteiger partial charge on any atom is 0.225 e. The highest BCUT2D eigenvalue weighted by Crippen LogP contribution is 2.32. The first-order valence-corrected chi connectivity index (χ1v) is 5.90. The molecule has 0 unspecified atom stereocenters. The van der Waals surface area contributed by atoms with Crippen LogP contribution in [0.5, 0.6) is 0 Å². The van der Waals surface area contributed by atoms with Crippen LogP contribution in [0.15, 0.2) is 24.5 Å². The van der Waals surface area contributed by atoms with Crippen molar-refractivity contribution in [2.75, 3.05) is 6.54 Å². The predicted molar refractivity (Wildman–Crippen MR) is 62.8 cm³/mol. The third-order valence-electron chi connectivity index (χ3n) is 3.10. The Kier molecular flexibility index (Phi) is 3.22. The predicted octanol–water partition coefficient (Wildman–Crippen LogP) is 2.40. The summed E-state index contributed by atoms with van der Waals surface area (Å²) < 4.78 is 0. The zero-order chi connectivity index (χ0) is 11.5. The Bertz CT molecular complexity index is 361. The quantitative estimate of drug-likeness (QED) is 0.763. The van der Waals surface area contributed by atoms with E-state index in [0.29, 0.717) is 0 Å². The molecule has 1 aromatic heterocycles. The summed E-state index contributed by atoms with van der Waals surface area (Å²) in [5.74, 6) is 0.337. The average molecular weight is 218 g/mol. The molecule has 86 valence electrons. The van der Waals surface area contributed by atoms with Gasteiger partial charge in [0.2, 0.25) is 5.91 Å². The maximum absolute atomic E-state index is 12.0. The number of nitrogens with zero attached hydrogens (tertiary/aromatic N) is 2. The molecule has 0 saturated carbocycles. The van der Waals surface area contributed by atoms with Crippen LogP contribution in [0.25, 0.3) is 0 Å². The Balaban J connectivity index is 2.19. The summed E-state index contributed by atoms with van der Waals surface area (Å²) in [6, 6.07) is 4.23. The van der Waals surface area contributed by atoms with Crippen LogP contribution in [-0.2, 0) is 4.79 Å². The van der Waals surface area contributed by atoms with Crippen molar-refractivity contribution in [1.29, 1.82) is 0 Å². The van der Waals surface area contributed by atoms with Gasteiger partial charge in [-0.25, -0.2) is 0 Å². The van der Waals surface area contributed by atoms with Crippen molar-refractivity contribution in [2.45, 2.75) is 32.7 Å². The Morgan fingerprint density at radius 1 is 1.56 bits per heavy atom. The minimum atomic E-state index is 0.0808. The molecule has 0 bridgehead atoms. The molecule has 0 radical (unpaired) electrons. The standard InChI is InChI=1S/C13H18N2O/c1-10(2)13(16)15-8-4-6-12(15)11-5-3-7-14-9-11/h3,5,7,9-10,12H,4,6,8H2,1-2H3/t12-/m1/s1. The first kappa shape index (κ1) is 11.1. The van der Waals surface area contributed by atoms with Gasteiger partial charge in [-0.1, -0.05) is 19.9 Å². The molecule has 0 aromatic carbocycles. The lowest BCUT2D eigenvalue weighted by Gasteiger charge is -2.26. The van der Waals surface area contributed by atoms with E-state index in [1.807, 2.05) is 31.0 Å². The van der Waals surface area contributed by atoms with E-state index >= 15 is 0 Å².